The van der Waals surface area contributed by atoms with E-state index in [1.165, 1.54) is 0 Å². The Morgan fingerprint density at radius 2 is 2.06 bits per heavy atom. The summed E-state index contributed by atoms with van der Waals surface area (Å²) in [7, 11) is 0. The zero-order chi connectivity index (χ0) is 13.5. The Bertz CT molecular complexity index is 392. The smallest absolute Gasteiger partial charge is 0.311 e. The number of rotatable bonds is 6. The van der Waals surface area contributed by atoms with Crippen LogP contribution in [0.15, 0.2) is 28.7 Å². The van der Waals surface area contributed by atoms with E-state index in [9.17, 15) is 9.90 Å². The Kier molecular flexibility index (Phi) is 6.36. The second kappa shape index (κ2) is 7.54. The third-order valence-electron chi connectivity index (χ3n) is 2.79. The van der Waals surface area contributed by atoms with Crippen LogP contribution in [0.5, 0.6) is 0 Å². The first kappa shape index (κ1) is 15.2. The number of halogens is 1. The predicted molar refractivity (Wildman–Crippen MR) is 74.1 cm³/mol. The molecule has 1 rings (SSSR count). The average Bonchev–Trinajstić information content (AvgIpc) is 2.36. The van der Waals surface area contributed by atoms with Gasteiger partial charge in [0.05, 0.1) is 18.6 Å². The van der Waals surface area contributed by atoms with Crippen molar-refractivity contribution < 1.29 is 14.6 Å². The van der Waals surface area contributed by atoms with Crippen LogP contribution in [0.2, 0.25) is 0 Å². The molecule has 0 aliphatic rings. The normalized spacial score (nSPS) is 14.0. The maximum absolute atomic E-state index is 11.9. The second-order valence-electron chi connectivity index (χ2n) is 4.11. The van der Waals surface area contributed by atoms with E-state index in [1.807, 2.05) is 31.2 Å². The molecular weight excluding hydrogens is 296 g/mol. The summed E-state index contributed by atoms with van der Waals surface area (Å²) in [6.45, 7) is 4.09. The second-order valence-corrected chi connectivity index (χ2v) is 4.97. The van der Waals surface area contributed by atoms with Crippen molar-refractivity contribution in [3.05, 3.63) is 34.3 Å². The van der Waals surface area contributed by atoms with Crippen LogP contribution in [-0.2, 0) is 9.53 Å². The van der Waals surface area contributed by atoms with Gasteiger partial charge in [-0.15, -0.1) is 0 Å². The van der Waals surface area contributed by atoms with Gasteiger partial charge in [-0.1, -0.05) is 47.5 Å². The molecule has 0 aliphatic heterocycles. The number of aliphatic hydroxyl groups excluding tert-OH is 1. The minimum absolute atomic E-state index is 0.331. The van der Waals surface area contributed by atoms with E-state index in [0.717, 1.165) is 16.5 Å². The van der Waals surface area contributed by atoms with Gasteiger partial charge in [-0.3, -0.25) is 4.79 Å². The maximum Gasteiger partial charge on any atom is 0.311 e. The molecule has 0 bridgehead atoms. The molecule has 1 aromatic carbocycles. The third kappa shape index (κ3) is 3.82. The minimum Gasteiger partial charge on any atom is -0.466 e. The van der Waals surface area contributed by atoms with Gasteiger partial charge in [0.15, 0.2) is 0 Å². The van der Waals surface area contributed by atoms with Gasteiger partial charge >= 0.3 is 5.97 Å². The van der Waals surface area contributed by atoms with Crippen LogP contribution >= 0.6 is 15.9 Å². The lowest BCUT2D eigenvalue weighted by Gasteiger charge is -2.22. The van der Waals surface area contributed by atoms with Crippen molar-refractivity contribution in [1.29, 1.82) is 0 Å². The summed E-state index contributed by atoms with van der Waals surface area (Å²) in [4.78, 5) is 11.9. The fourth-order valence-electron chi connectivity index (χ4n) is 1.90. The van der Waals surface area contributed by atoms with Gasteiger partial charge in [-0.05, 0) is 25.0 Å². The Morgan fingerprint density at radius 3 is 2.61 bits per heavy atom. The first-order valence-electron chi connectivity index (χ1n) is 6.20. The van der Waals surface area contributed by atoms with Crippen LogP contribution in [-0.4, -0.2) is 17.7 Å². The highest BCUT2D eigenvalue weighted by molar-refractivity contribution is 9.10. The van der Waals surface area contributed by atoms with E-state index in [2.05, 4.69) is 15.9 Å². The lowest BCUT2D eigenvalue weighted by Crippen LogP contribution is -2.24. The largest absolute Gasteiger partial charge is 0.466 e. The van der Waals surface area contributed by atoms with Gasteiger partial charge in [0.1, 0.15) is 0 Å². The van der Waals surface area contributed by atoms with Gasteiger partial charge in [-0.2, -0.15) is 0 Å². The quantitative estimate of drug-likeness (QED) is 0.818. The molecule has 0 saturated heterocycles. The standard InChI is InChI=1S/C14H19BrO3/c1-3-7-11(14(17)18-4-2)13(16)10-8-5-6-9-12(10)15/h5-6,8-9,11,13,16H,3-4,7H2,1-2H3. The van der Waals surface area contributed by atoms with E-state index in [1.54, 1.807) is 6.92 Å². The molecule has 0 saturated carbocycles. The van der Waals surface area contributed by atoms with Crippen molar-refractivity contribution in [3.8, 4) is 0 Å². The highest BCUT2D eigenvalue weighted by Crippen LogP contribution is 2.31. The molecule has 4 heteroatoms. The molecule has 100 valence electrons. The van der Waals surface area contributed by atoms with Crippen molar-refractivity contribution in [2.45, 2.75) is 32.8 Å². The Hall–Kier alpha value is -0.870. The molecule has 0 fully saturated rings. The number of aliphatic hydroxyl groups is 1. The number of hydrogen-bond acceptors (Lipinski definition) is 3. The molecule has 0 radical (unpaired) electrons. The van der Waals surface area contributed by atoms with Gasteiger partial charge in [0.2, 0.25) is 0 Å². The lowest BCUT2D eigenvalue weighted by atomic mass is 9.92. The summed E-state index contributed by atoms with van der Waals surface area (Å²) < 4.78 is 5.83. The molecule has 0 aliphatic carbocycles. The summed E-state index contributed by atoms with van der Waals surface area (Å²) in [6.07, 6.45) is 0.603. The number of benzene rings is 1. The zero-order valence-electron chi connectivity index (χ0n) is 10.7. The van der Waals surface area contributed by atoms with Crippen molar-refractivity contribution in [2.75, 3.05) is 6.61 Å². The van der Waals surface area contributed by atoms with Crippen LogP contribution < -0.4 is 0 Å². The van der Waals surface area contributed by atoms with Crippen LogP contribution in [0.25, 0.3) is 0 Å². The first-order valence-corrected chi connectivity index (χ1v) is 7.00. The predicted octanol–water partition coefficient (Wildman–Crippen LogP) is 3.46. The molecule has 0 spiro atoms. The summed E-state index contributed by atoms with van der Waals surface area (Å²) >= 11 is 3.39. The minimum atomic E-state index is -0.834. The molecule has 18 heavy (non-hydrogen) atoms. The summed E-state index contributed by atoms with van der Waals surface area (Å²) in [6, 6.07) is 7.39. The van der Waals surface area contributed by atoms with Crippen molar-refractivity contribution >= 4 is 21.9 Å². The number of esters is 1. The van der Waals surface area contributed by atoms with Crippen molar-refractivity contribution in [3.63, 3.8) is 0 Å². The fourth-order valence-corrected chi connectivity index (χ4v) is 2.42. The molecular formula is C14H19BrO3. The number of carbonyl (C=O) groups excluding carboxylic acids is 1. The summed E-state index contributed by atoms with van der Waals surface area (Å²) in [5.41, 5.74) is 0.726. The van der Waals surface area contributed by atoms with E-state index in [0.29, 0.717) is 13.0 Å². The molecule has 0 aromatic heterocycles. The Morgan fingerprint density at radius 1 is 1.39 bits per heavy atom. The SMILES string of the molecule is CCCC(C(=O)OCC)C(O)c1ccccc1Br. The molecule has 3 nitrogen and oxygen atoms in total. The Labute approximate surface area is 116 Å². The highest BCUT2D eigenvalue weighted by Gasteiger charge is 2.29. The molecule has 1 N–H and O–H groups in total. The number of ether oxygens (including phenoxy) is 1. The molecule has 2 unspecified atom stereocenters. The summed E-state index contributed by atoms with van der Waals surface area (Å²) in [5.74, 6) is -0.837. The van der Waals surface area contributed by atoms with Crippen LogP contribution in [0, 0.1) is 5.92 Å². The zero-order valence-corrected chi connectivity index (χ0v) is 12.3. The number of hydrogen-bond donors (Lipinski definition) is 1. The van der Waals surface area contributed by atoms with E-state index in [-0.39, 0.29) is 5.97 Å². The summed E-state index contributed by atoms with van der Waals surface area (Å²) in [5, 5.41) is 10.4. The third-order valence-corrected chi connectivity index (χ3v) is 3.52. The monoisotopic (exact) mass is 314 g/mol. The van der Waals surface area contributed by atoms with Crippen molar-refractivity contribution in [2.24, 2.45) is 5.92 Å². The van der Waals surface area contributed by atoms with Crippen LogP contribution in [0.4, 0.5) is 0 Å². The Balaban J connectivity index is 2.92. The number of carbonyl (C=O) groups is 1. The van der Waals surface area contributed by atoms with Gasteiger partial charge in [0, 0.05) is 4.47 Å². The lowest BCUT2D eigenvalue weighted by molar-refractivity contribution is -0.152. The molecule has 0 amide bonds. The molecule has 1 aromatic rings. The topological polar surface area (TPSA) is 46.5 Å². The van der Waals surface area contributed by atoms with Gasteiger partial charge < -0.3 is 9.84 Å². The maximum atomic E-state index is 11.9. The van der Waals surface area contributed by atoms with Crippen LogP contribution in [0.1, 0.15) is 38.4 Å². The average molecular weight is 315 g/mol. The first-order chi connectivity index (χ1) is 8.61. The van der Waals surface area contributed by atoms with E-state index >= 15 is 0 Å². The van der Waals surface area contributed by atoms with Gasteiger partial charge in [-0.25, -0.2) is 0 Å². The van der Waals surface area contributed by atoms with Crippen LogP contribution in [0.3, 0.4) is 0 Å². The fraction of sp³-hybridized carbons (Fsp3) is 0.500. The van der Waals surface area contributed by atoms with Gasteiger partial charge in [0.25, 0.3) is 0 Å². The van der Waals surface area contributed by atoms with E-state index in [4.69, 9.17) is 4.74 Å². The van der Waals surface area contributed by atoms with Crippen molar-refractivity contribution in [1.82, 2.24) is 0 Å². The molecule has 2 atom stereocenters. The highest BCUT2D eigenvalue weighted by atomic mass is 79.9. The molecule has 0 heterocycles. The van der Waals surface area contributed by atoms with E-state index < -0.39 is 12.0 Å².